The van der Waals surface area contributed by atoms with Crippen LogP contribution >= 0.6 is 0 Å². The number of pyridine rings is 1. The molecule has 0 aliphatic rings. The maximum Gasteiger partial charge on any atom is 0.188 e. The topological polar surface area (TPSA) is 81.8 Å². The van der Waals surface area contributed by atoms with E-state index in [9.17, 15) is 0 Å². The molecule has 1 heterocycles. The molecule has 0 bridgehead atoms. The number of aliphatic imine (C=N–C) groups is 1. The first-order valence-corrected chi connectivity index (χ1v) is 9.51. The van der Waals surface area contributed by atoms with Crippen LogP contribution in [0.1, 0.15) is 16.8 Å². The Morgan fingerprint density at radius 3 is 2.38 bits per heavy atom. The number of rotatable bonds is 9. The highest BCUT2D eigenvalue weighted by molar-refractivity contribution is 5.77. The van der Waals surface area contributed by atoms with Gasteiger partial charge in [-0.25, -0.2) is 4.99 Å². The van der Waals surface area contributed by atoms with Crippen molar-refractivity contribution in [1.82, 2.24) is 10.3 Å². The summed E-state index contributed by atoms with van der Waals surface area (Å²) in [7, 11) is 1.66. The quantitative estimate of drug-likeness (QED) is 0.433. The predicted molar refractivity (Wildman–Crippen MR) is 115 cm³/mol. The first kappa shape index (κ1) is 20.2. The number of ether oxygens (including phenoxy) is 2. The molecule has 3 rings (SSSR count). The average molecular weight is 390 g/mol. The van der Waals surface area contributed by atoms with Crippen molar-refractivity contribution in [2.45, 2.75) is 19.6 Å². The number of hydrogen-bond acceptors (Lipinski definition) is 4. The van der Waals surface area contributed by atoms with Gasteiger partial charge in [0.2, 0.25) is 0 Å². The summed E-state index contributed by atoms with van der Waals surface area (Å²) < 4.78 is 10.9. The summed E-state index contributed by atoms with van der Waals surface area (Å²) in [5, 5.41) is 3.14. The van der Waals surface area contributed by atoms with Gasteiger partial charge in [-0.1, -0.05) is 30.3 Å². The summed E-state index contributed by atoms with van der Waals surface area (Å²) in [5.41, 5.74) is 9.14. The number of nitrogens with zero attached hydrogens (tertiary/aromatic N) is 2. The SMILES string of the molecule is COc1ccc(CCNC(N)=NCc2ccc(OCc3ccccn3)cc2)cc1. The van der Waals surface area contributed by atoms with Gasteiger partial charge in [0.15, 0.2) is 5.96 Å². The second-order valence-electron chi connectivity index (χ2n) is 6.48. The van der Waals surface area contributed by atoms with Crippen LogP contribution in [0.5, 0.6) is 11.5 Å². The lowest BCUT2D eigenvalue weighted by atomic mass is 10.1. The zero-order chi connectivity index (χ0) is 20.3. The molecule has 3 aromatic rings. The Morgan fingerprint density at radius 1 is 0.966 bits per heavy atom. The zero-order valence-corrected chi connectivity index (χ0v) is 16.5. The van der Waals surface area contributed by atoms with Gasteiger partial charge in [-0.3, -0.25) is 4.98 Å². The normalized spacial score (nSPS) is 11.1. The molecule has 0 atom stereocenters. The molecule has 0 radical (unpaired) electrons. The van der Waals surface area contributed by atoms with Crippen LogP contribution in [0, 0.1) is 0 Å². The molecular formula is C23H26N4O2. The molecule has 6 nitrogen and oxygen atoms in total. The van der Waals surface area contributed by atoms with Gasteiger partial charge in [0.25, 0.3) is 0 Å². The average Bonchev–Trinajstić information content (AvgIpc) is 2.78. The third kappa shape index (κ3) is 6.84. The molecule has 0 saturated heterocycles. The largest absolute Gasteiger partial charge is 0.497 e. The highest BCUT2D eigenvalue weighted by atomic mass is 16.5. The lowest BCUT2D eigenvalue weighted by Crippen LogP contribution is -2.33. The predicted octanol–water partition coefficient (Wildman–Crippen LogP) is 3.32. The summed E-state index contributed by atoms with van der Waals surface area (Å²) in [6.07, 6.45) is 2.62. The van der Waals surface area contributed by atoms with Crippen LogP contribution < -0.4 is 20.5 Å². The minimum Gasteiger partial charge on any atom is -0.497 e. The van der Waals surface area contributed by atoms with E-state index in [1.807, 2.05) is 66.7 Å². The molecule has 6 heteroatoms. The molecule has 0 saturated carbocycles. The third-order valence-corrected chi connectivity index (χ3v) is 4.35. The molecule has 1 aromatic heterocycles. The van der Waals surface area contributed by atoms with Gasteiger partial charge in [-0.05, 0) is 53.9 Å². The van der Waals surface area contributed by atoms with Crippen molar-refractivity contribution in [3.05, 3.63) is 89.7 Å². The molecule has 0 aliphatic carbocycles. The van der Waals surface area contributed by atoms with Gasteiger partial charge in [-0.2, -0.15) is 0 Å². The smallest absolute Gasteiger partial charge is 0.188 e. The van der Waals surface area contributed by atoms with E-state index in [1.165, 1.54) is 5.56 Å². The number of benzene rings is 2. The van der Waals surface area contributed by atoms with Gasteiger partial charge < -0.3 is 20.5 Å². The summed E-state index contributed by atoms with van der Waals surface area (Å²) in [6, 6.07) is 21.6. The van der Waals surface area contributed by atoms with Gasteiger partial charge in [0.1, 0.15) is 18.1 Å². The fraction of sp³-hybridized carbons (Fsp3) is 0.217. The summed E-state index contributed by atoms with van der Waals surface area (Å²) >= 11 is 0. The Morgan fingerprint density at radius 2 is 1.69 bits per heavy atom. The summed E-state index contributed by atoms with van der Waals surface area (Å²) in [6.45, 7) is 1.69. The number of hydrogen-bond donors (Lipinski definition) is 2. The molecular weight excluding hydrogens is 364 g/mol. The standard InChI is InChI=1S/C23H26N4O2/c1-28-21-9-5-18(6-10-21)13-15-26-23(24)27-16-19-7-11-22(12-8-19)29-17-20-4-2-3-14-25-20/h2-12,14H,13,15-17H2,1H3,(H3,24,26,27). The molecule has 0 aliphatic heterocycles. The van der Waals surface area contributed by atoms with E-state index in [4.69, 9.17) is 15.2 Å². The van der Waals surface area contributed by atoms with E-state index < -0.39 is 0 Å². The Kier molecular flexibility index (Phi) is 7.46. The van der Waals surface area contributed by atoms with Crippen LogP contribution in [0.25, 0.3) is 0 Å². The Hall–Kier alpha value is -3.54. The number of guanidine groups is 1. The van der Waals surface area contributed by atoms with Crippen molar-refractivity contribution in [3.63, 3.8) is 0 Å². The van der Waals surface area contributed by atoms with Gasteiger partial charge in [-0.15, -0.1) is 0 Å². The van der Waals surface area contributed by atoms with Crippen LogP contribution in [0.2, 0.25) is 0 Å². The fourth-order valence-electron chi connectivity index (χ4n) is 2.69. The summed E-state index contributed by atoms with van der Waals surface area (Å²) in [5.74, 6) is 2.10. The lowest BCUT2D eigenvalue weighted by molar-refractivity contribution is 0.301. The van der Waals surface area contributed by atoms with Crippen LogP contribution in [0.4, 0.5) is 0 Å². The summed E-state index contributed by atoms with van der Waals surface area (Å²) in [4.78, 5) is 8.63. The van der Waals surface area contributed by atoms with Gasteiger partial charge >= 0.3 is 0 Å². The van der Waals surface area contributed by atoms with E-state index in [0.29, 0.717) is 19.1 Å². The zero-order valence-electron chi connectivity index (χ0n) is 16.5. The second-order valence-corrected chi connectivity index (χ2v) is 6.48. The van der Waals surface area contributed by atoms with Crippen molar-refractivity contribution in [2.75, 3.05) is 13.7 Å². The fourth-order valence-corrected chi connectivity index (χ4v) is 2.69. The van der Waals surface area contributed by atoms with Crippen molar-refractivity contribution in [1.29, 1.82) is 0 Å². The minimum atomic E-state index is 0.439. The molecule has 29 heavy (non-hydrogen) atoms. The molecule has 0 fully saturated rings. The van der Waals surface area contributed by atoms with E-state index in [1.54, 1.807) is 13.3 Å². The minimum absolute atomic E-state index is 0.439. The molecule has 3 N–H and O–H groups in total. The Labute approximate surface area is 171 Å². The number of methoxy groups -OCH3 is 1. The van der Waals surface area contributed by atoms with Crippen LogP contribution in [0.3, 0.4) is 0 Å². The Bertz CT molecular complexity index is 894. The van der Waals surface area contributed by atoms with Crippen LogP contribution in [0.15, 0.2) is 77.9 Å². The molecule has 0 spiro atoms. The monoisotopic (exact) mass is 390 g/mol. The molecule has 0 amide bonds. The number of aromatic nitrogens is 1. The number of nitrogens with two attached hydrogens (primary N) is 1. The maximum absolute atomic E-state index is 5.96. The van der Waals surface area contributed by atoms with E-state index in [-0.39, 0.29) is 0 Å². The lowest BCUT2D eigenvalue weighted by Gasteiger charge is -2.08. The highest BCUT2D eigenvalue weighted by Crippen LogP contribution is 2.14. The van der Waals surface area contributed by atoms with Crippen LogP contribution in [-0.4, -0.2) is 24.6 Å². The van der Waals surface area contributed by atoms with E-state index in [0.717, 1.165) is 35.7 Å². The maximum atomic E-state index is 5.96. The highest BCUT2D eigenvalue weighted by Gasteiger charge is 1.99. The third-order valence-electron chi connectivity index (χ3n) is 4.35. The second kappa shape index (κ2) is 10.7. The first-order valence-electron chi connectivity index (χ1n) is 9.51. The van der Waals surface area contributed by atoms with Gasteiger partial charge in [0, 0.05) is 12.7 Å². The molecule has 2 aromatic carbocycles. The van der Waals surface area contributed by atoms with Crippen molar-refractivity contribution in [3.8, 4) is 11.5 Å². The Balaban J connectivity index is 1.40. The van der Waals surface area contributed by atoms with Crippen molar-refractivity contribution < 1.29 is 9.47 Å². The van der Waals surface area contributed by atoms with Gasteiger partial charge in [0.05, 0.1) is 19.3 Å². The molecule has 150 valence electrons. The molecule has 0 unspecified atom stereocenters. The first-order chi connectivity index (χ1) is 14.2. The van der Waals surface area contributed by atoms with E-state index in [2.05, 4.69) is 15.3 Å². The van der Waals surface area contributed by atoms with E-state index >= 15 is 0 Å². The number of nitrogens with one attached hydrogen (secondary N) is 1. The van der Waals surface area contributed by atoms with Crippen molar-refractivity contribution in [2.24, 2.45) is 10.7 Å². The van der Waals surface area contributed by atoms with Crippen LogP contribution in [-0.2, 0) is 19.6 Å². The van der Waals surface area contributed by atoms with Crippen molar-refractivity contribution >= 4 is 5.96 Å².